The molecule has 1 aromatic rings. The minimum atomic E-state index is -0.924. The minimum absolute atomic E-state index is 0.0184. The summed E-state index contributed by atoms with van der Waals surface area (Å²) in [7, 11) is 0. The van der Waals surface area contributed by atoms with E-state index in [9.17, 15) is 14.0 Å². The summed E-state index contributed by atoms with van der Waals surface area (Å²) in [6.07, 6.45) is 0.0368. The Morgan fingerprint density at radius 3 is 2.42 bits per heavy atom. The first-order valence-electron chi connectivity index (χ1n) is 6.25. The van der Waals surface area contributed by atoms with Gasteiger partial charge >= 0.3 is 0 Å². The van der Waals surface area contributed by atoms with Crippen molar-refractivity contribution in [1.82, 2.24) is 4.90 Å². The predicted octanol–water partition coefficient (Wildman–Crippen LogP) is 2.64. The van der Waals surface area contributed by atoms with Gasteiger partial charge in [-0.05, 0) is 31.5 Å². The first kappa shape index (κ1) is 13.9. The minimum Gasteiger partial charge on any atom is -0.373 e. The Hall–Kier alpha value is -1.51. The van der Waals surface area contributed by atoms with E-state index in [1.165, 1.54) is 6.07 Å². The fraction of sp³-hybridized carbons (Fsp3) is 0.500. The van der Waals surface area contributed by atoms with Gasteiger partial charge in [-0.25, -0.2) is 8.78 Å². The van der Waals surface area contributed by atoms with Gasteiger partial charge in [0.1, 0.15) is 6.04 Å². The van der Waals surface area contributed by atoms with E-state index < -0.39 is 17.7 Å². The van der Waals surface area contributed by atoms with Gasteiger partial charge in [-0.15, -0.1) is 0 Å². The maximum atomic E-state index is 13.3. The first-order valence-corrected chi connectivity index (χ1v) is 6.25. The third-order valence-electron chi connectivity index (χ3n) is 3.19. The SMILES string of the molecule is CC1CN(C(C#N)c2ccc(F)c(F)c2)CC(C)O1. The zero-order valence-electron chi connectivity index (χ0n) is 10.9. The summed E-state index contributed by atoms with van der Waals surface area (Å²) in [5.74, 6) is -1.82. The maximum Gasteiger partial charge on any atom is 0.159 e. The number of hydrogen-bond acceptors (Lipinski definition) is 3. The molecule has 1 saturated heterocycles. The Labute approximate surface area is 111 Å². The van der Waals surface area contributed by atoms with Gasteiger partial charge in [-0.2, -0.15) is 5.26 Å². The van der Waals surface area contributed by atoms with Crippen molar-refractivity contribution in [2.24, 2.45) is 0 Å². The van der Waals surface area contributed by atoms with Gasteiger partial charge in [0.2, 0.25) is 0 Å². The molecule has 1 fully saturated rings. The lowest BCUT2D eigenvalue weighted by Crippen LogP contribution is -2.46. The average molecular weight is 266 g/mol. The molecule has 0 N–H and O–H groups in total. The summed E-state index contributed by atoms with van der Waals surface area (Å²) in [6, 6.07) is 5.18. The fourth-order valence-electron chi connectivity index (χ4n) is 2.48. The molecule has 5 heteroatoms. The number of nitrogens with zero attached hydrogens (tertiary/aromatic N) is 2. The molecule has 0 bridgehead atoms. The van der Waals surface area contributed by atoms with Gasteiger partial charge in [0, 0.05) is 13.1 Å². The van der Waals surface area contributed by atoms with E-state index in [1.807, 2.05) is 18.7 Å². The highest BCUT2D eigenvalue weighted by Crippen LogP contribution is 2.25. The van der Waals surface area contributed by atoms with Crippen molar-refractivity contribution in [1.29, 1.82) is 5.26 Å². The molecule has 1 aliphatic heterocycles. The van der Waals surface area contributed by atoms with Gasteiger partial charge < -0.3 is 4.74 Å². The highest BCUT2D eigenvalue weighted by atomic mass is 19.2. The second kappa shape index (κ2) is 5.64. The maximum absolute atomic E-state index is 13.3. The Balaban J connectivity index is 2.24. The second-order valence-electron chi connectivity index (χ2n) is 4.92. The standard InChI is InChI=1S/C14H16F2N2O/c1-9-7-18(8-10(2)19-9)14(6-17)11-3-4-12(15)13(16)5-11/h3-5,9-10,14H,7-8H2,1-2H3. The van der Waals surface area contributed by atoms with Gasteiger partial charge in [-0.1, -0.05) is 6.07 Å². The van der Waals surface area contributed by atoms with Gasteiger partial charge in [0.15, 0.2) is 11.6 Å². The molecule has 3 nitrogen and oxygen atoms in total. The summed E-state index contributed by atoms with van der Waals surface area (Å²) in [5, 5.41) is 9.32. The van der Waals surface area contributed by atoms with Crippen LogP contribution in [0, 0.1) is 23.0 Å². The molecule has 2 rings (SSSR count). The number of hydrogen-bond donors (Lipinski definition) is 0. The zero-order chi connectivity index (χ0) is 14.0. The highest BCUT2D eigenvalue weighted by Gasteiger charge is 2.29. The zero-order valence-corrected chi connectivity index (χ0v) is 10.9. The van der Waals surface area contributed by atoms with Crippen LogP contribution in [0.4, 0.5) is 8.78 Å². The summed E-state index contributed by atoms with van der Waals surface area (Å²) in [5.41, 5.74) is 0.475. The van der Waals surface area contributed by atoms with Crippen molar-refractivity contribution < 1.29 is 13.5 Å². The topological polar surface area (TPSA) is 36.3 Å². The van der Waals surface area contributed by atoms with E-state index in [4.69, 9.17) is 4.74 Å². The molecule has 102 valence electrons. The van der Waals surface area contributed by atoms with Crippen LogP contribution in [0.1, 0.15) is 25.5 Å². The molecule has 0 spiro atoms. The molecule has 3 unspecified atom stereocenters. The number of nitriles is 1. The molecule has 1 aromatic carbocycles. The van der Waals surface area contributed by atoms with Gasteiger partial charge in [0.05, 0.1) is 18.3 Å². The number of halogens is 2. The van der Waals surface area contributed by atoms with E-state index in [0.29, 0.717) is 18.7 Å². The van der Waals surface area contributed by atoms with Gasteiger partial charge in [0.25, 0.3) is 0 Å². The molecule has 0 aliphatic carbocycles. The van der Waals surface area contributed by atoms with Crippen LogP contribution >= 0.6 is 0 Å². The molecule has 0 radical (unpaired) electrons. The second-order valence-corrected chi connectivity index (χ2v) is 4.92. The number of morpholine rings is 1. The van der Waals surface area contributed by atoms with E-state index in [1.54, 1.807) is 0 Å². The van der Waals surface area contributed by atoms with Crippen LogP contribution in [0.25, 0.3) is 0 Å². The van der Waals surface area contributed by atoms with Crippen molar-refractivity contribution in [3.8, 4) is 6.07 Å². The monoisotopic (exact) mass is 266 g/mol. The van der Waals surface area contributed by atoms with E-state index in [0.717, 1.165) is 12.1 Å². The van der Waals surface area contributed by atoms with Gasteiger partial charge in [-0.3, -0.25) is 4.90 Å². The molecule has 3 atom stereocenters. The lowest BCUT2D eigenvalue weighted by atomic mass is 10.0. The summed E-state index contributed by atoms with van der Waals surface area (Å²) in [6.45, 7) is 5.06. The van der Waals surface area contributed by atoms with Crippen molar-refractivity contribution in [2.45, 2.75) is 32.1 Å². The lowest BCUT2D eigenvalue weighted by Gasteiger charge is -2.37. The van der Waals surface area contributed by atoms with E-state index in [2.05, 4.69) is 6.07 Å². The number of benzene rings is 1. The third kappa shape index (κ3) is 3.09. The predicted molar refractivity (Wildman–Crippen MR) is 66.3 cm³/mol. The molecule has 1 aliphatic rings. The summed E-state index contributed by atoms with van der Waals surface area (Å²) < 4.78 is 31.8. The van der Waals surface area contributed by atoms with Crippen molar-refractivity contribution in [3.05, 3.63) is 35.4 Å². The molecular formula is C14H16F2N2O. The smallest absolute Gasteiger partial charge is 0.159 e. The van der Waals surface area contributed by atoms with Crippen LogP contribution in [0.15, 0.2) is 18.2 Å². The van der Waals surface area contributed by atoms with Crippen LogP contribution in [0.5, 0.6) is 0 Å². The Morgan fingerprint density at radius 1 is 1.26 bits per heavy atom. The first-order chi connectivity index (χ1) is 9.01. The van der Waals surface area contributed by atoms with Crippen molar-refractivity contribution in [2.75, 3.05) is 13.1 Å². The van der Waals surface area contributed by atoms with Crippen molar-refractivity contribution in [3.63, 3.8) is 0 Å². The van der Waals surface area contributed by atoms with Crippen LogP contribution < -0.4 is 0 Å². The molecule has 0 amide bonds. The van der Waals surface area contributed by atoms with Crippen molar-refractivity contribution >= 4 is 0 Å². The fourth-order valence-corrected chi connectivity index (χ4v) is 2.48. The van der Waals surface area contributed by atoms with Crippen LogP contribution in [0.2, 0.25) is 0 Å². The third-order valence-corrected chi connectivity index (χ3v) is 3.19. The number of ether oxygens (including phenoxy) is 1. The molecular weight excluding hydrogens is 250 g/mol. The molecule has 19 heavy (non-hydrogen) atoms. The molecule has 0 aromatic heterocycles. The largest absolute Gasteiger partial charge is 0.373 e. The van der Waals surface area contributed by atoms with Crippen LogP contribution in [-0.4, -0.2) is 30.2 Å². The Morgan fingerprint density at radius 2 is 1.89 bits per heavy atom. The highest BCUT2D eigenvalue weighted by molar-refractivity contribution is 5.26. The normalized spacial score (nSPS) is 25.8. The average Bonchev–Trinajstić information content (AvgIpc) is 2.33. The van der Waals surface area contributed by atoms with Crippen LogP contribution in [0.3, 0.4) is 0 Å². The van der Waals surface area contributed by atoms with E-state index in [-0.39, 0.29) is 12.2 Å². The Bertz CT molecular complexity index is 491. The summed E-state index contributed by atoms with van der Waals surface area (Å²) >= 11 is 0. The lowest BCUT2D eigenvalue weighted by molar-refractivity contribution is -0.0750. The number of rotatable bonds is 2. The Kier molecular flexibility index (Phi) is 4.13. The van der Waals surface area contributed by atoms with Crippen LogP contribution in [-0.2, 0) is 4.74 Å². The molecule has 0 saturated carbocycles. The summed E-state index contributed by atoms with van der Waals surface area (Å²) in [4.78, 5) is 1.94. The quantitative estimate of drug-likeness (QED) is 0.825. The van der Waals surface area contributed by atoms with E-state index >= 15 is 0 Å². The molecule has 1 heterocycles.